The first-order valence-electron chi connectivity index (χ1n) is 6.63. The smallest absolute Gasteiger partial charge is 0.246 e. The first kappa shape index (κ1) is 14.2. The summed E-state index contributed by atoms with van der Waals surface area (Å²) in [5.74, 6) is 0. The van der Waals surface area contributed by atoms with Gasteiger partial charge >= 0.3 is 0 Å². The van der Waals surface area contributed by atoms with E-state index in [9.17, 15) is 8.42 Å². The molecule has 3 aromatic rings. The molecule has 2 aromatic carbocycles. The Bertz CT molecular complexity index is 916. The molecule has 0 atom stereocenters. The normalized spacial score (nSPS) is 12.1. The van der Waals surface area contributed by atoms with Crippen LogP contribution in [0.5, 0.6) is 0 Å². The molecule has 0 saturated carbocycles. The molecule has 0 amide bonds. The molecule has 21 heavy (non-hydrogen) atoms. The molecular formula is C15H15ClN2O2S. The number of aryl methyl sites for hydroxylation is 1. The number of sulfonamides is 1. The topological polar surface area (TPSA) is 51.1 Å². The first-order chi connectivity index (χ1) is 10.1. The average Bonchev–Trinajstić information content (AvgIpc) is 2.80. The van der Waals surface area contributed by atoms with Crippen LogP contribution in [0.1, 0.15) is 6.92 Å². The van der Waals surface area contributed by atoms with Crippen LogP contribution in [0.15, 0.2) is 42.5 Å². The van der Waals surface area contributed by atoms with Gasteiger partial charge in [0.1, 0.15) is 5.21 Å². The monoisotopic (exact) mass is 322 g/mol. The van der Waals surface area contributed by atoms with E-state index in [0.717, 1.165) is 28.4 Å². The zero-order chi connectivity index (χ0) is 15.0. The fraction of sp³-hybridized carbons (Fsp3) is 0.200. The zero-order valence-corrected chi connectivity index (χ0v) is 13.1. The Morgan fingerprint density at radius 2 is 1.81 bits per heavy atom. The van der Waals surface area contributed by atoms with Crippen molar-refractivity contribution in [1.29, 1.82) is 0 Å². The molecule has 4 nitrogen and oxygen atoms in total. The largest absolute Gasteiger partial charge is 0.341 e. The highest BCUT2D eigenvalue weighted by Crippen LogP contribution is 2.31. The van der Waals surface area contributed by atoms with Crippen LogP contribution in [-0.2, 0) is 16.6 Å². The van der Waals surface area contributed by atoms with Crippen LogP contribution < -0.4 is 4.72 Å². The summed E-state index contributed by atoms with van der Waals surface area (Å²) in [6.07, 6.45) is 0. The van der Waals surface area contributed by atoms with Gasteiger partial charge in [-0.2, -0.15) is 0 Å². The maximum atomic E-state index is 11.6. The zero-order valence-electron chi connectivity index (χ0n) is 11.5. The van der Waals surface area contributed by atoms with Gasteiger partial charge < -0.3 is 4.57 Å². The third kappa shape index (κ3) is 2.47. The van der Waals surface area contributed by atoms with E-state index >= 15 is 0 Å². The Morgan fingerprint density at radius 3 is 2.52 bits per heavy atom. The molecule has 110 valence electrons. The number of para-hydroxylation sites is 1. The second kappa shape index (κ2) is 5.24. The Labute approximate surface area is 128 Å². The van der Waals surface area contributed by atoms with Crippen molar-refractivity contribution in [3.8, 4) is 0 Å². The third-order valence-corrected chi connectivity index (χ3v) is 5.20. The van der Waals surface area contributed by atoms with Gasteiger partial charge in [0.25, 0.3) is 0 Å². The van der Waals surface area contributed by atoms with Gasteiger partial charge in [-0.25, -0.2) is 8.42 Å². The lowest BCUT2D eigenvalue weighted by molar-refractivity contribution is 0.605. The van der Waals surface area contributed by atoms with Gasteiger partial charge in [0, 0.05) is 34.0 Å². The van der Waals surface area contributed by atoms with Crippen LogP contribution >= 0.6 is 11.6 Å². The molecule has 0 unspecified atom stereocenters. The van der Waals surface area contributed by atoms with Gasteiger partial charge in [-0.05, 0) is 31.2 Å². The van der Waals surface area contributed by atoms with Crippen LogP contribution in [0.4, 0.5) is 5.69 Å². The number of nitrogens with zero attached hydrogens (tertiary/aromatic N) is 1. The molecule has 0 aliphatic heterocycles. The fourth-order valence-electron chi connectivity index (χ4n) is 2.66. The van der Waals surface area contributed by atoms with E-state index in [2.05, 4.69) is 22.3 Å². The number of nitrogens with one attached hydrogen (secondary N) is 1. The molecule has 3 rings (SSSR count). The van der Waals surface area contributed by atoms with E-state index in [1.165, 1.54) is 0 Å². The van der Waals surface area contributed by atoms with Crippen LogP contribution in [0.3, 0.4) is 0 Å². The van der Waals surface area contributed by atoms with Gasteiger partial charge in [-0.15, -0.1) is 11.6 Å². The second-order valence-electron chi connectivity index (χ2n) is 4.82. The van der Waals surface area contributed by atoms with E-state index in [0.29, 0.717) is 5.69 Å². The summed E-state index contributed by atoms with van der Waals surface area (Å²) < 4.78 is 27.9. The molecule has 0 radical (unpaired) electrons. The van der Waals surface area contributed by atoms with Crippen molar-refractivity contribution in [2.75, 3.05) is 9.93 Å². The molecule has 1 aromatic heterocycles. The molecule has 0 saturated heterocycles. The van der Waals surface area contributed by atoms with Crippen molar-refractivity contribution in [3.05, 3.63) is 42.5 Å². The number of aromatic nitrogens is 1. The number of rotatable bonds is 4. The summed E-state index contributed by atoms with van der Waals surface area (Å²) in [5.41, 5.74) is 2.77. The Balaban J connectivity index is 2.24. The standard InChI is InChI=1S/C15H15ClN2O2S/c1-2-18-14-6-4-3-5-12(14)13-9-11(7-8-15(13)18)17-21(19,20)10-16/h3-9,17H,2,10H2,1H3. The molecule has 0 aliphatic carbocycles. The number of hydrogen-bond acceptors (Lipinski definition) is 2. The fourth-order valence-corrected chi connectivity index (χ4v) is 3.37. The van der Waals surface area contributed by atoms with Gasteiger partial charge in [0.2, 0.25) is 10.0 Å². The summed E-state index contributed by atoms with van der Waals surface area (Å²) >= 11 is 5.43. The molecule has 1 heterocycles. The number of hydrogen-bond donors (Lipinski definition) is 1. The summed E-state index contributed by atoms with van der Waals surface area (Å²) in [6, 6.07) is 13.7. The van der Waals surface area contributed by atoms with Crippen LogP contribution in [0, 0.1) is 0 Å². The minimum absolute atomic E-state index is 0.457. The van der Waals surface area contributed by atoms with Gasteiger partial charge in [0.15, 0.2) is 0 Å². The SMILES string of the molecule is CCn1c2ccccc2c2cc(NS(=O)(=O)CCl)ccc21. The average molecular weight is 323 g/mol. The van der Waals surface area contributed by atoms with Crippen molar-refractivity contribution in [1.82, 2.24) is 4.57 Å². The van der Waals surface area contributed by atoms with Crippen molar-refractivity contribution < 1.29 is 8.42 Å². The Morgan fingerprint density at radius 1 is 1.10 bits per heavy atom. The minimum Gasteiger partial charge on any atom is -0.341 e. The number of fused-ring (bicyclic) bond motifs is 3. The van der Waals surface area contributed by atoms with Crippen molar-refractivity contribution in [2.24, 2.45) is 0 Å². The summed E-state index contributed by atoms with van der Waals surface area (Å²) in [5, 5.41) is 1.69. The maximum absolute atomic E-state index is 11.6. The Kier molecular flexibility index (Phi) is 3.55. The summed E-state index contributed by atoms with van der Waals surface area (Å²) in [6.45, 7) is 2.95. The highest BCUT2D eigenvalue weighted by Gasteiger charge is 2.12. The molecular weight excluding hydrogens is 308 g/mol. The first-order valence-corrected chi connectivity index (χ1v) is 8.82. The van der Waals surface area contributed by atoms with E-state index in [-0.39, 0.29) is 0 Å². The third-order valence-electron chi connectivity index (χ3n) is 3.51. The lowest BCUT2D eigenvalue weighted by Gasteiger charge is -2.06. The van der Waals surface area contributed by atoms with Crippen LogP contribution in [0.2, 0.25) is 0 Å². The molecule has 0 aliphatic rings. The molecule has 6 heteroatoms. The highest BCUT2D eigenvalue weighted by molar-refractivity contribution is 7.93. The number of halogens is 1. The van der Waals surface area contributed by atoms with Crippen LogP contribution in [0.25, 0.3) is 21.8 Å². The Hall–Kier alpha value is -1.72. The van der Waals surface area contributed by atoms with Crippen molar-refractivity contribution >= 4 is 49.1 Å². The van der Waals surface area contributed by atoms with Crippen molar-refractivity contribution in [2.45, 2.75) is 13.5 Å². The van der Waals surface area contributed by atoms with Gasteiger partial charge in [-0.1, -0.05) is 18.2 Å². The predicted molar refractivity (Wildman–Crippen MR) is 88.4 cm³/mol. The van der Waals surface area contributed by atoms with E-state index in [1.54, 1.807) is 6.07 Å². The van der Waals surface area contributed by atoms with Crippen molar-refractivity contribution in [3.63, 3.8) is 0 Å². The number of benzene rings is 2. The second-order valence-corrected chi connectivity index (χ2v) is 7.13. The van der Waals surface area contributed by atoms with Crippen LogP contribution in [-0.4, -0.2) is 18.2 Å². The predicted octanol–water partition coefficient (Wildman–Crippen LogP) is 3.75. The minimum atomic E-state index is -3.48. The van der Waals surface area contributed by atoms with E-state index < -0.39 is 15.2 Å². The molecule has 0 fully saturated rings. The van der Waals surface area contributed by atoms with E-state index in [1.807, 2.05) is 30.3 Å². The van der Waals surface area contributed by atoms with E-state index in [4.69, 9.17) is 11.6 Å². The lowest BCUT2D eigenvalue weighted by atomic mass is 10.1. The lowest BCUT2D eigenvalue weighted by Crippen LogP contribution is -2.13. The quantitative estimate of drug-likeness (QED) is 0.744. The molecule has 1 N–H and O–H groups in total. The summed E-state index contributed by atoms with van der Waals surface area (Å²) in [4.78, 5) is 0. The molecule has 0 bridgehead atoms. The highest BCUT2D eigenvalue weighted by atomic mass is 35.5. The van der Waals surface area contributed by atoms with Gasteiger partial charge in [-0.3, -0.25) is 4.72 Å². The summed E-state index contributed by atoms with van der Waals surface area (Å²) in [7, 11) is -3.48. The number of alkyl halides is 1. The maximum Gasteiger partial charge on any atom is 0.246 e. The number of anilines is 1. The van der Waals surface area contributed by atoms with Gasteiger partial charge in [0.05, 0.1) is 0 Å². The molecule has 0 spiro atoms.